The maximum Gasteiger partial charge on any atom is 0.186 e. The van der Waals surface area contributed by atoms with Gasteiger partial charge >= 0.3 is 0 Å². The summed E-state index contributed by atoms with van der Waals surface area (Å²) in [6.45, 7) is 6.70. The Morgan fingerprint density at radius 2 is 2.20 bits per heavy atom. The van der Waals surface area contributed by atoms with E-state index in [2.05, 4.69) is 5.10 Å². The zero-order chi connectivity index (χ0) is 11.6. The molecule has 1 rings (SSSR count). The summed E-state index contributed by atoms with van der Waals surface area (Å²) in [5, 5.41) is 3.98. The zero-order valence-corrected chi connectivity index (χ0v) is 9.62. The largest absolute Gasteiger partial charge is 0.292 e. The molecule has 1 unspecified atom stereocenters. The summed E-state index contributed by atoms with van der Waals surface area (Å²) in [5.74, 6) is -0.0136. The van der Waals surface area contributed by atoms with Gasteiger partial charge in [-0.25, -0.2) is 4.39 Å². The highest BCUT2D eigenvalue weighted by atomic mass is 19.1. The number of carbonyl (C=O) groups excluding carboxylic acids is 1. The maximum atomic E-state index is 12.5. The molecule has 1 aromatic heterocycles. The molecule has 0 N–H and O–H groups in total. The van der Waals surface area contributed by atoms with Gasteiger partial charge in [0, 0.05) is 11.6 Å². The molecule has 0 aromatic carbocycles. The molecule has 0 saturated carbocycles. The molecule has 0 amide bonds. The van der Waals surface area contributed by atoms with E-state index in [1.54, 1.807) is 13.0 Å². The highest BCUT2D eigenvalue weighted by Crippen LogP contribution is 2.22. The topological polar surface area (TPSA) is 34.9 Å². The van der Waals surface area contributed by atoms with Gasteiger partial charge in [0.15, 0.2) is 5.78 Å². The van der Waals surface area contributed by atoms with Crippen LogP contribution in [-0.4, -0.2) is 22.2 Å². The van der Waals surface area contributed by atoms with Gasteiger partial charge in [-0.15, -0.1) is 0 Å². The number of ketones is 1. The number of hydrogen-bond acceptors (Lipinski definition) is 2. The Morgan fingerprint density at radius 1 is 1.60 bits per heavy atom. The van der Waals surface area contributed by atoms with Crippen molar-refractivity contribution in [3.63, 3.8) is 0 Å². The molecule has 84 valence electrons. The number of rotatable bonds is 3. The summed E-state index contributed by atoms with van der Waals surface area (Å²) in [6.07, 6.45) is 1.53. The third-order valence-electron chi connectivity index (χ3n) is 2.22. The molecule has 1 atom stereocenters. The number of nitrogens with zero attached hydrogens (tertiary/aromatic N) is 2. The normalized spacial score (nSPS) is 13.9. The first kappa shape index (κ1) is 11.9. The van der Waals surface area contributed by atoms with Gasteiger partial charge in [0.25, 0.3) is 0 Å². The van der Waals surface area contributed by atoms with E-state index >= 15 is 0 Å². The number of alkyl halides is 1. The highest BCUT2D eigenvalue weighted by Gasteiger charge is 2.26. The van der Waals surface area contributed by atoms with Gasteiger partial charge in [-0.1, -0.05) is 20.8 Å². The first-order valence-electron chi connectivity index (χ1n) is 5.02. The van der Waals surface area contributed by atoms with Crippen molar-refractivity contribution in [1.29, 1.82) is 0 Å². The lowest BCUT2D eigenvalue weighted by atomic mass is 9.89. The molecular weight excluding hydrogens is 195 g/mol. The molecule has 0 fully saturated rings. The first-order chi connectivity index (χ1) is 6.88. The molecule has 15 heavy (non-hydrogen) atoms. The Kier molecular flexibility index (Phi) is 3.27. The molecule has 3 nitrogen and oxygen atoms in total. The van der Waals surface area contributed by atoms with E-state index in [4.69, 9.17) is 0 Å². The van der Waals surface area contributed by atoms with Crippen molar-refractivity contribution < 1.29 is 9.18 Å². The van der Waals surface area contributed by atoms with Crippen LogP contribution in [0, 0.1) is 5.41 Å². The SMILES string of the molecule is CC(CF)n1nccc1C(=O)C(C)(C)C. The van der Waals surface area contributed by atoms with Crippen LogP contribution in [0.25, 0.3) is 0 Å². The molecule has 4 heteroatoms. The molecule has 0 aliphatic carbocycles. The van der Waals surface area contributed by atoms with Crippen LogP contribution in [0.15, 0.2) is 12.3 Å². The van der Waals surface area contributed by atoms with Crippen LogP contribution in [0.3, 0.4) is 0 Å². The fourth-order valence-corrected chi connectivity index (χ4v) is 1.29. The van der Waals surface area contributed by atoms with Crippen LogP contribution >= 0.6 is 0 Å². The Bertz CT molecular complexity index is 352. The summed E-state index contributed by atoms with van der Waals surface area (Å²) in [6, 6.07) is 1.25. The second-order valence-electron chi connectivity index (χ2n) is 4.74. The van der Waals surface area contributed by atoms with Crippen molar-refractivity contribution in [3.05, 3.63) is 18.0 Å². The monoisotopic (exact) mass is 212 g/mol. The van der Waals surface area contributed by atoms with Crippen LogP contribution in [0.1, 0.15) is 44.2 Å². The molecule has 0 saturated heterocycles. The minimum Gasteiger partial charge on any atom is -0.292 e. The average Bonchev–Trinajstić information content (AvgIpc) is 2.62. The summed E-state index contributed by atoms with van der Waals surface area (Å²) in [7, 11) is 0. The number of Topliss-reactive ketones (excluding diaryl/α,β-unsaturated/α-hetero) is 1. The Morgan fingerprint density at radius 3 is 2.67 bits per heavy atom. The predicted octanol–water partition coefficient (Wildman–Crippen LogP) is 2.64. The van der Waals surface area contributed by atoms with E-state index in [0.29, 0.717) is 5.69 Å². The number of carbonyl (C=O) groups is 1. The van der Waals surface area contributed by atoms with Gasteiger partial charge in [-0.3, -0.25) is 9.48 Å². The minimum atomic E-state index is -0.522. The average molecular weight is 212 g/mol. The summed E-state index contributed by atoms with van der Waals surface area (Å²) < 4.78 is 14.0. The Labute approximate surface area is 89.3 Å². The Balaban J connectivity index is 3.06. The molecule has 0 aliphatic rings. The van der Waals surface area contributed by atoms with E-state index in [9.17, 15) is 9.18 Å². The molecule has 0 bridgehead atoms. The van der Waals surface area contributed by atoms with Crippen LogP contribution in [-0.2, 0) is 0 Å². The van der Waals surface area contributed by atoms with E-state index in [1.165, 1.54) is 10.9 Å². The molecular formula is C11H17FN2O. The number of hydrogen-bond donors (Lipinski definition) is 0. The van der Waals surface area contributed by atoms with E-state index in [0.717, 1.165) is 0 Å². The van der Waals surface area contributed by atoms with Crippen LogP contribution in [0.5, 0.6) is 0 Å². The second kappa shape index (κ2) is 4.13. The van der Waals surface area contributed by atoms with E-state index in [-0.39, 0.29) is 11.8 Å². The molecule has 0 spiro atoms. The lowest BCUT2D eigenvalue weighted by Gasteiger charge is -2.19. The molecule has 1 aromatic rings. The van der Waals surface area contributed by atoms with Gasteiger partial charge < -0.3 is 0 Å². The van der Waals surface area contributed by atoms with E-state index in [1.807, 2.05) is 20.8 Å². The zero-order valence-electron chi connectivity index (χ0n) is 9.62. The minimum absolute atomic E-state index is 0.0136. The van der Waals surface area contributed by atoms with Gasteiger partial charge in [-0.2, -0.15) is 5.10 Å². The fraction of sp³-hybridized carbons (Fsp3) is 0.636. The van der Waals surface area contributed by atoms with Crippen molar-refractivity contribution in [3.8, 4) is 0 Å². The smallest absolute Gasteiger partial charge is 0.186 e. The first-order valence-corrected chi connectivity index (χ1v) is 5.02. The highest BCUT2D eigenvalue weighted by molar-refractivity contribution is 5.98. The van der Waals surface area contributed by atoms with Crippen LogP contribution in [0.4, 0.5) is 4.39 Å². The lowest BCUT2D eigenvalue weighted by molar-refractivity contribution is 0.0843. The third-order valence-corrected chi connectivity index (χ3v) is 2.22. The summed E-state index contributed by atoms with van der Waals surface area (Å²) in [5.41, 5.74) is 0.0148. The predicted molar refractivity (Wildman–Crippen MR) is 56.7 cm³/mol. The van der Waals surface area contributed by atoms with Crippen LogP contribution < -0.4 is 0 Å². The van der Waals surface area contributed by atoms with Crippen molar-refractivity contribution in [2.45, 2.75) is 33.7 Å². The third kappa shape index (κ3) is 2.43. The quantitative estimate of drug-likeness (QED) is 0.722. The van der Waals surface area contributed by atoms with Crippen molar-refractivity contribution in [2.75, 3.05) is 6.67 Å². The van der Waals surface area contributed by atoms with E-state index < -0.39 is 12.1 Å². The van der Waals surface area contributed by atoms with Gasteiger partial charge in [0.2, 0.25) is 0 Å². The molecule has 0 radical (unpaired) electrons. The molecule has 0 aliphatic heterocycles. The second-order valence-corrected chi connectivity index (χ2v) is 4.74. The summed E-state index contributed by atoms with van der Waals surface area (Å²) >= 11 is 0. The van der Waals surface area contributed by atoms with Gasteiger partial charge in [0.05, 0.1) is 6.04 Å². The van der Waals surface area contributed by atoms with Crippen molar-refractivity contribution in [2.24, 2.45) is 5.41 Å². The standard InChI is InChI=1S/C11H17FN2O/c1-8(7-12)14-9(5-6-13-14)10(15)11(2,3)4/h5-6,8H,7H2,1-4H3. The lowest BCUT2D eigenvalue weighted by Crippen LogP contribution is -2.25. The van der Waals surface area contributed by atoms with Gasteiger partial charge in [-0.05, 0) is 13.0 Å². The van der Waals surface area contributed by atoms with Crippen molar-refractivity contribution in [1.82, 2.24) is 9.78 Å². The maximum absolute atomic E-state index is 12.5. The fourth-order valence-electron chi connectivity index (χ4n) is 1.29. The molecule has 1 heterocycles. The Hall–Kier alpha value is -1.19. The van der Waals surface area contributed by atoms with Crippen LogP contribution in [0.2, 0.25) is 0 Å². The van der Waals surface area contributed by atoms with Crippen molar-refractivity contribution >= 4 is 5.78 Å². The summed E-state index contributed by atoms with van der Waals surface area (Å²) in [4.78, 5) is 12.0. The number of aromatic nitrogens is 2. The number of halogens is 1. The van der Waals surface area contributed by atoms with Gasteiger partial charge in [0.1, 0.15) is 12.4 Å².